The minimum atomic E-state index is -2.35. The normalized spacial score (nSPS) is 20.3. The topological polar surface area (TPSA) is 100 Å². The standard InChI is InChI=1S/C33H30F5N5O4/c34-26-25(27(35)29(37)30(38)28(26)36)31(45)41-22-8-6-21(7-9-22)32-46-23(16-24(47-32)20-4-2-19(18-44)3-5-20)17-42-12-14-43(15-13-42)33-39-10-1-11-40-33/h1-11,23-24,32,44H,12-18H2,(H,41,45)/t23-,24+,32+/m1/s1. The predicted octanol–water partition coefficient (Wildman–Crippen LogP) is 5.28. The molecule has 14 heteroatoms. The van der Waals surface area contributed by atoms with Gasteiger partial charge in [0.1, 0.15) is 5.56 Å². The first kappa shape index (κ1) is 32.4. The third kappa shape index (κ3) is 7.10. The second-order valence-electron chi connectivity index (χ2n) is 11.2. The van der Waals surface area contributed by atoms with E-state index in [0.29, 0.717) is 24.5 Å². The predicted molar refractivity (Wildman–Crippen MR) is 160 cm³/mol. The number of carbonyl (C=O) groups is 1. The summed E-state index contributed by atoms with van der Waals surface area (Å²) in [6, 6.07) is 15.2. The van der Waals surface area contributed by atoms with Crippen LogP contribution < -0.4 is 10.2 Å². The first-order chi connectivity index (χ1) is 22.7. The zero-order valence-electron chi connectivity index (χ0n) is 24.9. The molecule has 2 aliphatic heterocycles. The highest BCUT2D eigenvalue weighted by molar-refractivity contribution is 6.04. The van der Waals surface area contributed by atoms with Crippen LogP contribution in [-0.2, 0) is 16.1 Å². The second kappa shape index (κ2) is 14.1. The van der Waals surface area contributed by atoms with Crippen LogP contribution in [0.1, 0.15) is 45.9 Å². The lowest BCUT2D eigenvalue weighted by molar-refractivity contribution is -0.253. The van der Waals surface area contributed by atoms with Crippen molar-refractivity contribution in [2.45, 2.75) is 31.5 Å². The maximum absolute atomic E-state index is 14.1. The summed E-state index contributed by atoms with van der Waals surface area (Å²) in [4.78, 5) is 25.6. The van der Waals surface area contributed by atoms with Crippen LogP contribution in [0.2, 0.25) is 0 Å². The summed E-state index contributed by atoms with van der Waals surface area (Å²) < 4.78 is 81.7. The Labute approximate surface area is 266 Å². The molecule has 4 aromatic rings. The maximum Gasteiger partial charge on any atom is 0.261 e. The molecule has 9 nitrogen and oxygen atoms in total. The van der Waals surface area contributed by atoms with Crippen molar-refractivity contribution in [3.8, 4) is 0 Å². The molecule has 2 N–H and O–H groups in total. The second-order valence-corrected chi connectivity index (χ2v) is 11.2. The van der Waals surface area contributed by atoms with E-state index >= 15 is 0 Å². The SMILES string of the molecule is O=C(Nc1ccc([C@H]2O[C@@H](CN3CCN(c4ncccn4)CC3)C[C@@H](c3ccc(CO)cc3)O2)cc1)c1c(F)c(F)c(F)c(F)c1F. The number of halogens is 5. The number of hydrogen-bond donors (Lipinski definition) is 2. The molecule has 246 valence electrons. The van der Waals surface area contributed by atoms with Gasteiger partial charge in [0.15, 0.2) is 29.6 Å². The molecule has 0 saturated carbocycles. The molecule has 3 atom stereocenters. The van der Waals surface area contributed by atoms with Crippen molar-refractivity contribution in [1.29, 1.82) is 0 Å². The molecular formula is C33H30F5N5O4. The molecule has 2 saturated heterocycles. The van der Waals surface area contributed by atoms with E-state index in [1.807, 2.05) is 24.3 Å². The number of aromatic nitrogens is 2. The van der Waals surface area contributed by atoms with Gasteiger partial charge in [-0.1, -0.05) is 36.4 Å². The summed E-state index contributed by atoms with van der Waals surface area (Å²) in [7, 11) is 0. The van der Waals surface area contributed by atoms with Gasteiger partial charge in [-0.05, 0) is 29.3 Å². The Kier molecular flexibility index (Phi) is 9.73. The Hall–Kier alpha value is -4.50. The number of aliphatic hydroxyl groups excluding tert-OH is 1. The molecule has 1 amide bonds. The summed E-state index contributed by atoms with van der Waals surface area (Å²) in [6.45, 7) is 3.59. The van der Waals surface area contributed by atoms with Crippen LogP contribution in [-0.4, -0.2) is 64.7 Å². The minimum absolute atomic E-state index is 0.0476. The van der Waals surface area contributed by atoms with Crippen molar-refractivity contribution < 1.29 is 41.3 Å². The summed E-state index contributed by atoms with van der Waals surface area (Å²) in [5, 5.41) is 11.6. The van der Waals surface area contributed by atoms with Crippen molar-refractivity contribution in [2.75, 3.05) is 42.9 Å². The van der Waals surface area contributed by atoms with Gasteiger partial charge < -0.3 is 24.8 Å². The van der Waals surface area contributed by atoms with Gasteiger partial charge in [-0.15, -0.1) is 0 Å². The van der Waals surface area contributed by atoms with Crippen LogP contribution in [0.3, 0.4) is 0 Å². The average molecular weight is 656 g/mol. The molecule has 0 unspecified atom stereocenters. The van der Waals surface area contributed by atoms with Crippen molar-refractivity contribution in [1.82, 2.24) is 14.9 Å². The summed E-state index contributed by atoms with van der Waals surface area (Å²) in [5.74, 6) is -12.0. The van der Waals surface area contributed by atoms with E-state index in [1.165, 1.54) is 12.1 Å². The fourth-order valence-corrected chi connectivity index (χ4v) is 5.63. The summed E-state index contributed by atoms with van der Waals surface area (Å²) >= 11 is 0. The van der Waals surface area contributed by atoms with E-state index < -0.39 is 46.8 Å². The van der Waals surface area contributed by atoms with Crippen molar-refractivity contribution in [3.63, 3.8) is 0 Å². The summed E-state index contributed by atoms with van der Waals surface area (Å²) in [5.41, 5.74) is 0.703. The number of amides is 1. The van der Waals surface area contributed by atoms with E-state index in [-0.39, 0.29) is 24.5 Å². The van der Waals surface area contributed by atoms with Crippen molar-refractivity contribution in [2.24, 2.45) is 0 Å². The number of rotatable bonds is 8. The number of ether oxygens (including phenoxy) is 2. The largest absolute Gasteiger partial charge is 0.392 e. The lowest BCUT2D eigenvalue weighted by atomic mass is 9.99. The van der Waals surface area contributed by atoms with Gasteiger partial charge in [0, 0.05) is 62.8 Å². The molecule has 2 fully saturated rings. The van der Waals surface area contributed by atoms with Crippen LogP contribution in [0.4, 0.5) is 33.6 Å². The van der Waals surface area contributed by atoms with E-state index in [0.717, 1.165) is 37.3 Å². The molecule has 47 heavy (non-hydrogen) atoms. The number of piperazine rings is 1. The van der Waals surface area contributed by atoms with Crippen LogP contribution in [0.5, 0.6) is 0 Å². The Balaban J connectivity index is 1.16. The van der Waals surface area contributed by atoms with Crippen LogP contribution in [0.15, 0.2) is 67.0 Å². The number of anilines is 2. The average Bonchev–Trinajstić information content (AvgIpc) is 3.11. The highest BCUT2D eigenvalue weighted by Crippen LogP contribution is 2.38. The van der Waals surface area contributed by atoms with Gasteiger partial charge in [0.25, 0.3) is 5.91 Å². The first-order valence-corrected chi connectivity index (χ1v) is 14.9. The first-order valence-electron chi connectivity index (χ1n) is 14.9. The van der Waals surface area contributed by atoms with Gasteiger partial charge in [-0.25, -0.2) is 31.9 Å². The van der Waals surface area contributed by atoms with Crippen molar-refractivity contribution in [3.05, 3.63) is 118 Å². The van der Waals surface area contributed by atoms with Gasteiger partial charge in [-0.3, -0.25) is 9.69 Å². The zero-order valence-corrected chi connectivity index (χ0v) is 24.9. The third-order valence-corrected chi connectivity index (χ3v) is 8.16. The lowest BCUT2D eigenvalue weighted by Gasteiger charge is -2.40. The fraction of sp³-hybridized carbons (Fsp3) is 0.303. The third-order valence-electron chi connectivity index (χ3n) is 8.16. The highest BCUT2D eigenvalue weighted by atomic mass is 19.2. The van der Waals surface area contributed by atoms with E-state index in [2.05, 4.69) is 25.1 Å². The smallest absolute Gasteiger partial charge is 0.261 e. The summed E-state index contributed by atoms with van der Waals surface area (Å²) in [6.07, 6.45) is 2.59. The van der Waals surface area contributed by atoms with Gasteiger partial charge in [0.05, 0.1) is 18.8 Å². The van der Waals surface area contributed by atoms with Gasteiger partial charge in [0.2, 0.25) is 11.8 Å². The molecule has 0 bridgehead atoms. The molecular weight excluding hydrogens is 625 g/mol. The fourth-order valence-electron chi connectivity index (χ4n) is 5.63. The van der Waals surface area contributed by atoms with Gasteiger partial charge >= 0.3 is 0 Å². The number of hydrogen-bond acceptors (Lipinski definition) is 8. The lowest BCUT2D eigenvalue weighted by Crippen LogP contribution is -2.50. The Morgan fingerprint density at radius 3 is 2.02 bits per heavy atom. The molecule has 0 radical (unpaired) electrons. The van der Waals surface area contributed by atoms with Gasteiger partial charge in [-0.2, -0.15) is 0 Å². The molecule has 0 spiro atoms. The Morgan fingerprint density at radius 2 is 1.40 bits per heavy atom. The number of aliphatic hydroxyl groups is 1. The zero-order chi connectivity index (χ0) is 33.1. The monoisotopic (exact) mass is 655 g/mol. The molecule has 0 aliphatic carbocycles. The number of benzene rings is 3. The van der Waals surface area contributed by atoms with E-state index in [9.17, 15) is 31.9 Å². The molecule has 3 aromatic carbocycles. The number of nitrogens with one attached hydrogen (secondary N) is 1. The van der Waals surface area contributed by atoms with E-state index in [4.69, 9.17) is 9.47 Å². The van der Waals surface area contributed by atoms with Crippen LogP contribution in [0.25, 0.3) is 0 Å². The Bertz CT molecular complexity index is 1680. The highest BCUT2D eigenvalue weighted by Gasteiger charge is 2.34. The quantitative estimate of drug-likeness (QED) is 0.150. The van der Waals surface area contributed by atoms with Crippen LogP contribution in [0, 0.1) is 29.1 Å². The van der Waals surface area contributed by atoms with Crippen molar-refractivity contribution >= 4 is 17.5 Å². The minimum Gasteiger partial charge on any atom is -0.392 e. The van der Waals surface area contributed by atoms with Crippen LogP contribution >= 0.6 is 0 Å². The molecule has 1 aromatic heterocycles. The maximum atomic E-state index is 14.1. The molecule has 2 aliphatic rings. The Morgan fingerprint density at radius 1 is 0.809 bits per heavy atom. The number of carbonyl (C=O) groups excluding carboxylic acids is 1. The molecule has 3 heterocycles. The van der Waals surface area contributed by atoms with E-state index in [1.54, 1.807) is 30.6 Å². The number of nitrogens with zero attached hydrogens (tertiary/aromatic N) is 4. The molecule has 6 rings (SSSR count).